The van der Waals surface area contributed by atoms with Crippen molar-refractivity contribution in [1.29, 1.82) is 0 Å². The second-order valence-electron chi connectivity index (χ2n) is 3.34. The summed E-state index contributed by atoms with van der Waals surface area (Å²) in [5.74, 6) is 0. The Morgan fingerprint density at radius 1 is 1.30 bits per heavy atom. The van der Waals surface area contributed by atoms with Gasteiger partial charge in [-0.2, -0.15) is 0 Å². The highest BCUT2D eigenvalue weighted by Crippen LogP contribution is 2.29. The molecule has 2 N–H and O–H groups in total. The molecule has 1 saturated carbocycles. The van der Waals surface area contributed by atoms with E-state index in [-0.39, 0.29) is 0 Å². The third-order valence-electron chi connectivity index (χ3n) is 2.47. The van der Waals surface area contributed by atoms with Crippen molar-refractivity contribution in [3.8, 4) is 0 Å². The highest BCUT2D eigenvalue weighted by Gasteiger charge is 2.33. The summed E-state index contributed by atoms with van der Waals surface area (Å²) >= 11 is 0. The maximum Gasteiger partial charge on any atom is 0.0459 e. The van der Waals surface area contributed by atoms with Crippen molar-refractivity contribution in [2.75, 3.05) is 13.1 Å². The fraction of sp³-hybridized carbons (Fsp3) is 1.00. The van der Waals surface area contributed by atoms with Gasteiger partial charge >= 0.3 is 0 Å². The second kappa shape index (κ2) is 2.49. The molecule has 2 fully saturated rings. The smallest absolute Gasteiger partial charge is 0.0459 e. The Kier molecular flexibility index (Phi) is 1.64. The number of nitrogens with zero attached hydrogens (tertiary/aromatic N) is 1. The fourth-order valence-electron chi connectivity index (χ4n) is 1.66. The Morgan fingerprint density at radius 2 is 2.10 bits per heavy atom. The molecule has 0 aromatic carbocycles. The summed E-state index contributed by atoms with van der Waals surface area (Å²) in [4.78, 5) is 2.47. The molecule has 58 valence electrons. The zero-order valence-corrected chi connectivity index (χ0v) is 6.08. The van der Waals surface area contributed by atoms with Gasteiger partial charge < -0.3 is 5.21 Å². The molecule has 0 radical (unpaired) electrons. The van der Waals surface area contributed by atoms with Crippen LogP contribution in [-0.2, 0) is 0 Å². The largest absolute Gasteiger partial charge is 0.316 e. The van der Waals surface area contributed by atoms with E-state index in [2.05, 4.69) is 10.4 Å². The highest BCUT2D eigenvalue weighted by atomic mass is 16.5. The summed E-state index contributed by atoms with van der Waals surface area (Å²) in [5.41, 5.74) is 2.33. The van der Waals surface area contributed by atoms with Crippen molar-refractivity contribution in [3.05, 3.63) is 0 Å². The van der Waals surface area contributed by atoms with E-state index in [0.717, 1.165) is 19.0 Å². The number of likely N-dealkylation sites (tertiary alicyclic amines) is 1. The van der Waals surface area contributed by atoms with E-state index >= 15 is 0 Å². The Hall–Kier alpha value is -0.120. The Balaban J connectivity index is 1.81. The molecular formula is C7H14N2O. The summed E-state index contributed by atoms with van der Waals surface area (Å²) in [6.07, 6.45) is 3.85. The SMILES string of the molecule is ONC1CCN(C2CC2)C1. The van der Waals surface area contributed by atoms with Crippen LogP contribution >= 0.6 is 0 Å². The van der Waals surface area contributed by atoms with Gasteiger partial charge in [0.1, 0.15) is 0 Å². The average molecular weight is 142 g/mol. The molecule has 1 saturated heterocycles. The highest BCUT2D eigenvalue weighted by molar-refractivity contribution is 4.90. The van der Waals surface area contributed by atoms with E-state index in [4.69, 9.17) is 5.21 Å². The average Bonchev–Trinajstić information content (AvgIpc) is 2.70. The van der Waals surface area contributed by atoms with Gasteiger partial charge in [0.15, 0.2) is 0 Å². The van der Waals surface area contributed by atoms with Crippen LogP contribution in [0.1, 0.15) is 19.3 Å². The molecule has 2 rings (SSSR count). The number of hydrogen-bond acceptors (Lipinski definition) is 3. The van der Waals surface area contributed by atoms with E-state index in [1.54, 1.807) is 0 Å². The zero-order valence-electron chi connectivity index (χ0n) is 6.08. The van der Waals surface area contributed by atoms with E-state index < -0.39 is 0 Å². The first-order valence-electron chi connectivity index (χ1n) is 4.04. The van der Waals surface area contributed by atoms with Gasteiger partial charge in [-0.1, -0.05) is 0 Å². The summed E-state index contributed by atoms with van der Waals surface area (Å²) in [7, 11) is 0. The van der Waals surface area contributed by atoms with Crippen LogP contribution in [0.25, 0.3) is 0 Å². The van der Waals surface area contributed by atoms with Gasteiger partial charge in [0, 0.05) is 25.2 Å². The minimum absolute atomic E-state index is 0.334. The van der Waals surface area contributed by atoms with E-state index in [1.165, 1.54) is 19.4 Å². The normalized spacial score (nSPS) is 35.1. The quantitative estimate of drug-likeness (QED) is 0.541. The Bertz CT molecular complexity index is 125. The first-order chi connectivity index (χ1) is 4.90. The summed E-state index contributed by atoms with van der Waals surface area (Å²) in [6, 6.07) is 1.19. The van der Waals surface area contributed by atoms with Crippen LogP contribution in [0.15, 0.2) is 0 Å². The third kappa shape index (κ3) is 1.17. The van der Waals surface area contributed by atoms with Crippen molar-refractivity contribution in [2.45, 2.75) is 31.3 Å². The lowest BCUT2D eigenvalue weighted by Crippen LogP contribution is -2.30. The zero-order chi connectivity index (χ0) is 6.97. The molecule has 3 heteroatoms. The molecule has 0 spiro atoms. The van der Waals surface area contributed by atoms with Gasteiger partial charge in [-0.15, -0.1) is 0 Å². The maximum atomic E-state index is 8.61. The van der Waals surface area contributed by atoms with Gasteiger partial charge in [-0.25, -0.2) is 5.48 Å². The maximum absolute atomic E-state index is 8.61. The lowest BCUT2D eigenvalue weighted by atomic mass is 10.3. The predicted molar refractivity (Wildman–Crippen MR) is 37.9 cm³/mol. The molecule has 0 aromatic rings. The number of hydroxylamine groups is 1. The molecule has 10 heavy (non-hydrogen) atoms. The standard InChI is InChI=1S/C7H14N2O/c10-8-6-3-4-9(5-6)7-1-2-7/h6-8,10H,1-5H2. The minimum atomic E-state index is 0.334. The van der Waals surface area contributed by atoms with Crippen LogP contribution in [0.5, 0.6) is 0 Å². The first-order valence-corrected chi connectivity index (χ1v) is 4.04. The molecule has 1 aliphatic heterocycles. The van der Waals surface area contributed by atoms with Crippen molar-refractivity contribution in [1.82, 2.24) is 10.4 Å². The van der Waals surface area contributed by atoms with Crippen LogP contribution in [0.2, 0.25) is 0 Å². The summed E-state index contributed by atoms with van der Waals surface area (Å²) in [6.45, 7) is 2.21. The molecule has 1 unspecified atom stereocenters. The Morgan fingerprint density at radius 3 is 2.60 bits per heavy atom. The molecule has 1 aliphatic carbocycles. The topological polar surface area (TPSA) is 35.5 Å². The lowest BCUT2D eigenvalue weighted by Gasteiger charge is -2.13. The van der Waals surface area contributed by atoms with Gasteiger partial charge in [-0.3, -0.25) is 4.90 Å². The van der Waals surface area contributed by atoms with Gasteiger partial charge in [0.25, 0.3) is 0 Å². The van der Waals surface area contributed by atoms with Gasteiger partial charge in [-0.05, 0) is 19.3 Å². The van der Waals surface area contributed by atoms with Crippen molar-refractivity contribution in [2.24, 2.45) is 0 Å². The molecule has 0 aromatic heterocycles. The molecule has 0 bridgehead atoms. The van der Waals surface area contributed by atoms with E-state index in [0.29, 0.717) is 6.04 Å². The molecule has 1 heterocycles. The molecule has 3 nitrogen and oxygen atoms in total. The van der Waals surface area contributed by atoms with Crippen LogP contribution < -0.4 is 5.48 Å². The van der Waals surface area contributed by atoms with E-state index in [9.17, 15) is 0 Å². The summed E-state index contributed by atoms with van der Waals surface area (Å²) in [5, 5.41) is 8.61. The molecule has 1 atom stereocenters. The molecular weight excluding hydrogens is 128 g/mol. The van der Waals surface area contributed by atoms with Crippen LogP contribution in [0.4, 0.5) is 0 Å². The monoisotopic (exact) mass is 142 g/mol. The van der Waals surface area contributed by atoms with E-state index in [1.807, 2.05) is 0 Å². The van der Waals surface area contributed by atoms with Gasteiger partial charge in [0.05, 0.1) is 0 Å². The third-order valence-corrected chi connectivity index (χ3v) is 2.47. The minimum Gasteiger partial charge on any atom is -0.316 e. The van der Waals surface area contributed by atoms with Crippen molar-refractivity contribution >= 4 is 0 Å². The van der Waals surface area contributed by atoms with Crippen LogP contribution in [-0.4, -0.2) is 35.3 Å². The van der Waals surface area contributed by atoms with Crippen LogP contribution in [0.3, 0.4) is 0 Å². The Labute approximate surface area is 61.0 Å². The second-order valence-corrected chi connectivity index (χ2v) is 3.34. The predicted octanol–water partition coefficient (Wildman–Crippen LogP) is 0.202. The number of nitrogens with one attached hydrogen (secondary N) is 1. The fourth-order valence-corrected chi connectivity index (χ4v) is 1.66. The number of rotatable bonds is 2. The summed E-state index contributed by atoms with van der Waals surface area (Å²) < 4.78 is 0. The molecule has 2 aliphatic rings. The van der Waals surface area contributed by atoms with Crippen LogP contribution in [0, 0.1) is 0 Å². The van der Waals surface area contributed by atoms with Crippen molar-refractivity contribution < 1.29 is 5.21 Å². The number of hydrogen-bond donors (Lipinski definition) is 2. The lowest BCUT2D eigenvalue weighted by molar-refractivity contribution is 0.127. The first kappa shape index (κ1) is 6.58. The van der Waals surface area contributed by atoms with Gasteiger partial charge in [0.2, 0.25) is 0 Å². The molecule has 0 amide bonds. The van der Waals surface area contributed by atoms with Crippen molar-refractivity contribution in [3.63, 3.8) is 0 Å².